The largest absolute Gasteiger partial charge is 0.455 e. The molecule has 3 aliphatic carbocycles. The number of allylic oxidation sites excluding steroid dienone is 4. The van der Waals surface area contributed by atoms with Crippen LogP contribution in [0.25, 0.3) is 55.3 Å². The minimum absolute atomic E-state index is 0.0132. The van der Waals surface area contributed by atoms with Crippen LogP contribution < -0.4 is 9.80 Å². The summed E-state index contributed by atoms with van der Waals surface area (Å²) in [5, 5.41) is 2.29. The summed E-state index contributed by atoms with van der Waals surface area (Å²) in [5.74, 6) is -0.105. The van der Waals surface area contributed by atoms with E-state index in [-0.39, 0.29) is 11.8 Å². The lowest BCUT2D eigenvalue weighted by Gasteiger charge is -2.40. The van der Waals surface area contributed by atoms with Gasteiger partial charge >= 0.3 is 0 Å². The van der Waals surface area contributed by atoms with Crippen molar-refractivity contribution in [3.63, 3.8) is 0 Å². The zero-order valence-corrected chi connectivity index (χ0v) is 38.4. The monoisotopic (exact) mass is 894 g/mol. The second-order valence-electron chi connectivity index (χ2n) is 18.7. The fourth-order valence-electron chi connectivity index (χ4n) is 12.3. The van der Waals surface area contributed by atoms with Crippen LogP contribution in [0.15, 0.2) is 277 Å². The van der Waals surface area contributed by atoms with Gasteiger partial charge in [-0.25, -0.2) is 0 Å². The molecule has 3 atom stereocenters. The summed E-state index contributed by atoms with van der Waals surface area (Å²) in [5.41, 5.74) is 20.5. The average molecular weight is 895 g/mol. The van der Waals surface area contributed by atoms with E-state index in [1.54, 1.807) is 0 Å². The van der Waals surface area contributed by atoms with Crippen LogP contribution in [0, 0.1) is 5.92 Å². The number of rotatable bonds is 8. The molecule has 0 N–H and O–H groups in total. The number of anilines is 5. The third kappa shape index (κ3) is 6.01. The van der Waals surface area contributed by atoms with E-state index in [4.69, 9.17) is 4.42 Å². The Morgan fingerprint density at radius 1 is 0.386 bits per heavy atom. The summed E-state index contributed by atoms with van der Waals surface area (Å²) in [4.78, 5) is 5.01. The number of hydrogen-bond acceptors (Lipinski definition) is 3. The van der Waals surface area contributed by atoms with Crippen molar-refractivity contribution in [1.82, 2.24) is 0 Å². The van der Waals surface area contributed by atoms with Crippen molar-refractivity contribution in [3.05, 3.63) is 295 Å². The molecule has 1 aromatic heterocycles. The van der Waals surface area contributed by atoms with Crippen molar-refractivity contribution in [3.8, 4) is 33.4 Å². The summed E-state index contributed by atoms with van der Waals surface area (Å²) in [7, 11) is 0. The molecule has 3 heteroatoms. The topological polar surface area (TPSA) is 19.6 Å². The Bertz CT molecular complexity index is 3820. The molecule has 0 aliphatic heterocycles. The van der Waals surface area contributed by atoms with Crippen molar-refractivity contribution in [2.75, 3.05) is 9.80 Å². The molecule has 0 saturated carbocycles. The van der Waals surface area contributed by atoms with Crippen LogP contribution in [0.1, 0.15) is 28.2 Å². The first-order valence-corrected chi connectivity index (χ1v) is 24.3. The van der Waals surface area contributed by atoms with Crippen LogP contribution in [0.5, 0.6) is 0 Å². The summed E-state index contributed by atoms with van der Waals surface area (Å²) in [6, 6.07) is 90.8. The number of furan rings is 1. The first-order chi connectivity index (χ1) is 34.8. The van der Waals surface area contributed by atoms with Crippen molar-refractivity contribution in [2.45, 2.75) is 11.3 Å². The normalized spacial score (nSPS) is 17.2. The molecule has 3 unspecified atom stereocenters. The van der Waals surface area contributed by atoms with Gasteiger partial charge in [-0.3, -0.25) is 0 Å². The van der Waals surface area contributed by atoms with Gasteiger partial charge in [-0.2, -0.15) is 0 Å². The minimum atomic E-state index is -0.565. The number of para-hydroxylation sites is 3. The van der Waals surface area contributed by atoms with E-state index in [0.717, 1.165) is 50.4 Å². The number of benzene rings is 10. The number of fused-ring (bicyclic) bond motifs is 14. The van der Waals surface area contributed by atoms with Crippen molar-refractivity contribution in [1.29, 1.82) is 0 Å². The Kier molecular flexibility index (Phi) is 9.25. The zero-order valence-electron chi connectivity index (χ0n) is 38.4. The summed E-state index contributed by atoms with van der Waals surface area (Å²) < 4.78 is 6.97. The predicted octanol–water partition coefficient (Wildman–Crippen LogP) is 17.7. The van der Waals surface area contributed by atoms with E-state index in [0.29, 0.717) is 0 Å². The Hall–Kier alpha value is -8.92. The fraction of sp³-hybridized carbons (Fsp3) is 0.0448. The van der Waals surface area contributed by atoms with Crippen LogP contribution in [-0.2, 0) is 5.41 Å². The maximum Gasteiger partial charge on any atom is 0.143 e. The van der Waals surface area contributed by atoms with Gasteiger partial charge < -0.3 is 14.2 Å². The van der Waals surface area contributed by atoms with Gasteiger partial charge in [0.25, 0.3) is 0 Å². The number of nitrogens with zero attached hydrogens (tertiary/aromatic N) is 2. The first-order valence-electron chi connectivity index (χ1n) is 24.3. The van der Waals surface area contributed by atoms with Gasteiger partial charge in [0.05, 0.1) is 11.1 Å². The molecule has 1 heterocycles. The van der Waals surface area contributed by atoms with Gasteiger partial charge in [-0.05, 0) is 117 Å². The lowest BCUT2D eigenvalue weighted by Crippen LogP contribution is -2.35. The zero-order chi connectivity index (χ0) is 46.2. The molecule has 14 rings (SSSR count). The molecule has 0 saturated heterocycles. The van der Waals surface area contributed by atoms with Crippen molar-refractivity contribution in [2.24, 2.45) is 5.92 Å². The highest BCUT2D eigenvalue weighted by atomic mass is 16.3. The third-order valence-corrected chi connectivity index (χ3v) is 15.2. The molecule has 0 amide bonds. The van der Waals surface area contributed by atoms with E-state index in [9.17, 15) is 0 Å². The van der Waals surface area contributed by atoms with Gasteiger partial charge in [-0.1, -0.05) is 200 Å². The van der Waals surface area contributed by atoms with Crippen LogP contribution in [-0.4, -0.2) is 0 Å². The molecular weight excluding hydrogens is 849 g/mol. The van der Waals surface area contributed by atoms with E-state index < -0.39 is 5.41 Å². The molecule has 1 spiro atoms. The SMILES string of the molecule is C1=CC2C(C(N(c3ccccc3)c3ccc(-c4ccccc4)cc3)=C1)c1c(N(c3ccccc3)c3ccc(-c4ccccc4)cc3)cccc1C21c2ccccc2-c2c1ccc1c2oc2ccccc21. The highest BCUT2D eigenvalue weighted by Crippen LogP contribution is 2.69. The fourth-order valence-corrected chi connectivity index (χ4v) is 12.3. The van der Waals surface area contributed by atoms with Gasteiger partial charge in [0, 0.05) is 56.6 Å². The molecule has 0 fully saturated rings. The minimum Gasteiger partial charge on any atom is -0.455 e. The second kappa shape index (κ2) is 16.1. The average Bonchev–Trinajstić information content (AvgIpc) is 4.07. The third-order valence-electron chi connectivity index (χ3n) is 15.2. The molecule has 330 valence electrons. The Labute approximate surface area is 408 Å². The Morgan fingerprint density at radius 3 is 1.59 bits per heavy atom. The van der Waals surface area contributed by atoms with Gasteiger partial charge in [-0.15, -0.1) is 0 Å². The van der Waals surface area contributed by atoms with Crippen LogP contribution >= 0.6 is 0 Å². The van der Waals surface area contributed by atoms with E-state index in [1.165, 1.54) is 61.3 Å². The molecule has 0 bridgehead atoms. The maximum atomic E-state index is 6.97. The standard InChI is InChI=1S/C67H46N2O/c1-5-19-45(20-6-1)47-35-39-51(40-36-47)68(49-23-9-3-10-24-49)60-32-17-30-57-64(60)65-58(67(57)56-29-15-13-28-55(56)63-59(67)44-43-54-53-27-14-16-34-62(53)70-66(54)63)31-18-33-61(65)69(50-25-11-4-12-26-50)52-41-37-48(38-42-52)46-21-7-2-8-22-46/h1-44,57,64H. The lowest BCUT2D eigenvalue weighted by atomic mass is 9.65. The van der Waals surface area contributed by atoms with Crippen LogP contribution in [0.4, 0.5) is 28.4 Å². The Balaban J connectivity index is 1.05. The number of hydrogen-bond donors (Lipinski definition) is 0. The summed E-state index contributed by atoms with van der Waals surface area (Å²) >= 11 is 0. The molecule has 3 nitrogen and oxygen atoms in total. The molecule has 3 aliphatic rings. The predicted molar refractivity (Wildman–Crippen MR) is 290 cm³/mol. The summed E-state index contributed by atoms with van der Waals surface area (Å²) in [6.07, 6.45) is 7.22. The van der Waals surface area contributed by atoms with Crippen molar-refractivity contribution < 1.29 is 4.42 Å². The molecular formula is C67H46N2O. The molecule has 70 heavy (non-hydrogen) atoms. The highest BCUT2D eigenvalue weighted by Gasteiger charge is 2.60. The van der Waals surface area contributed by atoms with E-state index >= 15 is 0 Å². The lowest BCUT2D eigenvalue weighted by molar-refractivity contribution is 0.451. The maximum absolute atomic E-state index is 6.97. The van der Waals surface area contributed by atoms with Crippen LogP contribution in [0.2, 0.25) is 0 Å². The first kappa shape index (κ1) is 40.2. The quantitative estimate of drug-likeness (QED) is 0.152. The molecule has 11 aromatic rings. The highest BCUT2D eigenvalue weighted by molar-refractivity contribution is 6.12. The van der Waals surface area contributed by atoms with Crippen molar-refractivity contribution >= 4 is 50.4 Å². The molecule has 0 radical (unpaired) electrons. The van der Waals surface area contributed by atoms with E-state index in [2.05, 4.69) is 277 Å². The van der Waals surface area contributed by atoms with Gasteiger partial charge in [0.1, 0.15) is 11.2 Å². The van der Waals surface area contributed by atoms with Gasteiger partial charge in [0.15, 0.2) is 0 Å². The Morgan fingerprint density at radius 2 is 0.914 bits per heavy atom. The second-order valence-corrected chi connectivity index (χ2v) is 18.7. The molecule has 10 aromatic carbocycles. The van der Waals surface area contributed by atoms with Gasteiger partial charge in [0.2, 0.25) is 0 Å². The van der Waals surface area contributed by atoms with Crippen LogP contribution in [0.3, 0.4) is 0 Å². The van der Waals surface area contributed by atoms with E-state index in [1.807, 2.05) is 0 Å². The summed E-state index contributed by atoms with van der Waals surface area (Å²) in [6.45, 7) is 0. The smallest absolute Gasteiger partial charge is 0.143 e.